The van der Waals surface area contributed by atoms with E-state index in [1.165, 1.54) is 29.2 Å². The third-order valence-corrected chi connectivity index (χ3v) is 6.11. The van der Waals surface area contributed by atoms with Gasteiger partial charge in [-0.1, -0.05) is 6.07 Å². The quantitative estimate of drug-likeness (QED) is 0.691. The predicted molar refractivity (Wildman–Crippen MR) is 98.3 cm³/mol. The van der Waals surface area contributed by atoms with Crippen LogP contribution in [0.25, 0.3) is 0 Å². The van der Waals surface area contributed by atoms with Gasteiger partial charge in [-0.05, 0) is 49.1 Å². The zero-order valence-corrected chi connectivity index (χ0v) is 15.6. The van der Waals surface area contributed by atoms with Crippen molar-refractivity contribution in [2.24, 2.45) is 0 Å². The number of hydrogen-bond donors (Lipinski definition) is 2. The van der Waals surface area contributed by atoms with Crippen LogP contribution in [-0.4, -0.2) is 50.6 Å². The van der Waals surface area contributed by atoms with Crippen LogP contribution in [0.5, 0.6) is 0 Å². The van der Waals surface area contributed by atoms with E-state index in [9.17, 15) is 13.2 Å². The van der Waals surface area contributed by atoms with E-state index >= 15 is 0 Å². The minimum absolute atomic E-state index is 0.111. The fraction of sp³-hybridized carbons (Fsp3) is 0.353. The highest BCUT2D eigenvalue weighted by Gasteiger charge is 2.17. The molecule has 0 fully saturated rings. The molecule has 2 rings (SSSR count). The summed E-state index contributed by atoms with van der Waals surface area (Å²) in [6.07, 6.45) is 0.639. The number of nitrogens with zero attached hydrogens (tertiary/aromatic N) is 1. The number of benzene rings is 1. The van der Waals surface area contributed by atoms with E-state index in [4.69, 9.17) is 5.11 Å². The molecule has 0 unspecified atom stereocenters. The molecule has 2 aromatic rings. The van der Waals surface area contributed by atoms with Gasteiger partial charge in [-0.25, -0.2) is 13.1 Å². The predicted octanol–water partition coefficient (Wildman–Crippen LogP) is 1.72. The number of sulfonamides is 1. The molecule has 1 heterocycles. The number of nitrogens with one attached hydrogen (secondary N) is 1. The Balaban J connectivity index is 2.01. The molecule has 0 aliphatic heterocycles. The van der Waals surface area contributed by atoms with E-state index in [1.807, 2.05) is 24.4 Å². The highest BCUT2D eigenvalue weighted by atomic mass is 32.2. The summed E-state index contributed by atoms with van der Waals surface area (Å²) in [5.41, 5.74) is 0.396. The lowest BCUT2D eigenvalue weighted by molar-refractivity contribution is 0.0732. The zero-order valence-electron chi connectivity index (χ0n) is 14.0. The Morgan fingerprint density at radius 1 is 1.24 bits per heavy atom. The van der Waals surface area contributed by atoms with Crippen LogP contribution in [-0.2, 0) is 16.4 Å². The first-order valence-corrected chi connectivity index (χ1v) is 10.4. The summed E-state index contributed by atoms with van der Waals surface area (Å²) in [4.78, 5) is 15.0. The number of aliphatic hydroxyl groups is 1. The number of amides is 1. The highest BCUT2D eigenvalue weighted by molar-refractivity contribution is 7.89. The number of thiophene rings is 1. The van der Waals surface area contributed by atoms with Crippen LogP contribution in [0, 0.1) is 0 Å². The van der Waals surface area contributed by atoms with Gasteiger partial charge in [-0.15, -0.1) is 11.3 Å². The lowest BCUT2D eigenvalue weighted by atomic mass is 10.2. The minimum Gasteiger partial charge on any atom is -0.395 e. The van der Waals surface area contributed by atoms with Crippen LogP contribution < -0.4 is 4.72 Å². The second kappa shape index (κ2) is 9.10. The van der Waals surface area contributed by atoms with Gasteiger partial charge in [0.15, 0.2) is 0 Å². The van der Waals surface area contributed by atoms with Crippen molar-refractivity contribution in [2.75, 3.05) is 26.2 Å². The maximum Gasteiger partial charge on any atom is 0.253 e. The molecule has 2 N–H and O–H groups in total. The van der Waals surface area contributed by atoms with E-state index < -0.39 is 10.0 Å². The van der Waals surface area contributed by atoms with Crippen LogP contribution in [0.4, 0.5) is 0 Å². The van der Waals surface area contributed by atoms with E-state index in [0.29, 0.717) is 25.1 Å². The van der Waals surface area contributed by atoms with Crippen molar-refractivity contribution in [3.63, 3.8) is 0 Å². The van der Waals surface area contributed by atoms with Crippen molar-refractivity contribution >= 4 is 27.3 Å². The fourth-order valence-corrected chi connectivity index (χ4v) is 4.07. The normalized spacial score (nSPS) is 11.4. The summed E-state index contributed by atoms with van der Waals surface area (Å²) in [6, 6.07) is 9.74. The Morgan fingerprint density at radius 2 is 1.96 bits per heavy atom. The molecule has 8 heteroatoms. The molecule has 0 aliphatic carbocycles. The molecular weight excluding hydrogens is 360 g/mol. The van der Waals surface area contributed by atoms with Gasteiger partial charge < -0.3 is 10.0 Å². The Kier molecular flexibility index (Phi) is 7.12. The van der Waals surface area contributed by atoms with Gasteiger partial charge in [-0.3, -0.25) is 4.79 Å². The van der Waals surface area contributed by atoms with Gasteiger partial charge in [0.05, 0.1) is 11.5 Å². The van der Waals surface area contributed by atoms with Gasteiger partial charge >= 0.3 is 0 Å². The van der Waals surface area contributed by atoms with E-state index in [2.05, 4.69) is 4.72 Å². The number of likely N-dealkylation sites (N-methyl/N-ethyl adjacent to an activating group) is 1. The smallest absolute Gasteiger partial charge is 0.253 e. The summed E-state index contributed by atoms with van der Waals surface area (Å²) in [6.45, 7) is 2.76. The molecular formula is C17H22N2O4S2. The Hall–Kier alpha value is -1.74. The SMILES string of the molecule is CCN(CCO)C(=O)c1ccc(S(=O)(=O)NCCc2cccs2)cc1. The topological polar surface area (TPSA) is 86.7 Å². The van der Waals surface area contributed by atoms with Crippen molar-refractivity contribution in [1.82, 2.24) is 9.62 Å². The van der Waals surface area contributed by atoms with Crippen LogP contribution in [0.2, 0.25) is 0 Å². The fourth-order valence-electron chi connectivity index (χ4n) is 2.33. The monoisotopic (exact) mass is 382 g/mol. The zero-order chi connectivity index (χ0) is 18.3. The maximum absolute atomic E-state index is 12.3. The van der Waals surface area contributed by atoms with Crippen LogP contribution in [0.1, 0.15) is 22.2 Å². The Morgan fingerprint density at radius 3 is 2.52 bits per heavy atom. The van der Waals surface area contributed by atoms with E-state index in [-0.39, 0.29) is 24.0 Å². The van der Waals surface area contributed by atoms with Crippen molar-refractivity contribution in [2.45, 2.75) is 18.2 Å². The number of hydrogen-bond acceptors (Lipinski definition) is 5. The van der Waals surface area contributed by atoms with Crippen molar-refractivity contribution in [3.05, 3.63) is 52.2 Å². The van der Waals surface area contributed by atoms with Gasteiger partial charge in [0.25, 0.3) is 5.91 Å². The van der Waals surface area contributed by atoms with Crippen LogP contribution in [0.15, 0.2) is 46.7 Å². The first kappa shape index (κ1) is 19.6. The maximum atomic E-state index is 12.3. The molecule has 6 nitrogen and oxygen atoms in total. The summed E-state index contributed by atoms with van der Waals surface area (Å²) in [7, 11) is -3.60. The second-order valence-electron chi connectivity index (χ2n) is 5.36. The number of carbonyl (C=O) groups excluding carboxylic acids is 1. The molecule has 0 saturated carbocycles. The second-order valence-corrected chi connectivity index (χ2v) is 8.16. The first-order valence-electron chi connectivity index (χ1n) is 8.00. The number of aliphatic hydroxyl groups excluding tert-OH is 1. The summed E-state index contributed by atoms with van der Waals surface area (Å²) in [5, 5.41) is 10.9. The number of rotatable bonds is 9. The van der Waals surface area contributed by atoms with Crippen LogP contribution in [0.3, 0.4) is 0 Å². The van der Waals surface area contributed by atoms with Crippen molar-refractivity contribution in [1.29, 1.82) is 0 Å². The number of carbonyl (C=O) groups is 1. The molecule has 1 aromatic heterocycles. The lowest BCUT2D eigenvalue weighted by Crippen LogP contribution is -2.33. The van der Waals surface area contributed by atoms with Gasteiger partial charge in [0, 0.05) is 30.1 Å². The van der Waals surface area contributed by atoms with Gasteiger partial charge in [-0.2, -0.15) is 0 Å². The van der Waals surface area contributed by atoms with Crippen LogP contribution >= 0.6 is 11.3 Å². The molecule has 0 bridgehead atoms. The highest BCUT2D eigenvalue weighted by Crippen LogP contribution is 2.13. The average Bonchev–Trinajstić information content (AvgIpc) is 3.12. The molecule has 0 saturated heterocycles. The summed E-state index contributed by atoms with van der Waals surface area (Å²) in [5.74, 6) is -0.230. The summed E-state index contributed by atoms with van der Waals surface area (Å²) >= 11 is 1.59. The minimum atomic E-state index is -3.60. The molecule has 0 radical (unpaired) electrons. The molecule has 0 spiro atoms. The molecule has 1 aromatic carbocycles. The van der Waals surface area contributed by atoms with E-state index in [1.54, 1.807) is 11.3 Å². The third kappa shape index (κ3) is 5.37. The molecule has 0 aliphatic rings. The molecule has 25 heavy (non-hydrogen) atoms. The molecule has 0 atom stereocenters. The first-order chi connectivity index (χ1) is 12.0. The average molecular weight is 383 g/mol. The largest absolute Gasteiger partial charge is 0.395 e. The lowest BCUT2D eigenvalue weighted by Gasteiger charge is -2.19. The molecule has 1 amide bonds. The Labute approximate surface area is 152 Å². The van der Waals surface area contributed by atoms with E-state index in [0.717, 1.165) is 4.88 Å². The third-order valence-electron chi connectivity index (χ3n) is 3.69. The van der Waals surface area contributed by atoms with Gasteiger partial charge in [0.1, 0.15) is 0 Å². The standard InChI is InChI=1S/C17H22N2O4S2/c1-2-19(11-12-20)17(21)14-5-7-16(8-6-14)25(22,23)18-10-9-15-4-3-13-24-15/h3-8,13,18,20H,2,9-12H2,1H3. The van der Waals surface area contributed by atoms with Crippen molar-refractivity contribution < 1.29 is 18.3 Å². The van der Waals surface area contributed by atoms with Gasteiger partial charge in [0.2, 0.25) is 10.0 Å². The Bertz CT molecular complexity index is 771. The molecule has 136 valence electrons. The van der Waals surface area contributed by atoms with Crippen molar-refractivity contribution in [3.8, 4) is 0 Å². The summed E-state index contributed by atoms with van der Waals surface area (Å²) < 4.78 is 27.2.